The molecule has 2 heterocycles. The molecule has 2 fully saturated rings. The van der Waals surface area contributed by atoms with Gasteiger partial charge in [0.2, 0.25) is 0 Å². The third-order valence-corrected chi connectivity index (χ3v) is 4.65. The Bertz CT molecular complexity index is 734. The molecule has 0 spiro atoms. The van der Waals surface area contributed by atoms with Crippen molar-refractivity contribution in [3.63, 3.8) is 0 Å². The first-order chi connectivity index (χ1) is 13.8. The SMILES string of the molecule is C[C@H](CO)c1ccccc1.c1ccc(C2CO2)cc1.c1ccc([C@@H]2CO2)cc1. The summed E-state index contributed by atoms with van der Waals surface area (Å²) in [6.07, 6.45) is 0.817. The van der Waals surface area contributed by atoms with E-state index in [9.17, 15) is 0 Å². The highest BCUT2D eigenvalue weighted by Crippen LogP contribution is 2.29. The number of hydrogen-bond donors (Lipinski definition) is 1. The zero-order chi connectivity index (χ0) is 19.6. The Morgan fingerprint density at radius 3 is 1.39 bits per heavy atom. The molecule has 1 N–H and O–H groups in total. The average Bonchev–Trinajstić information content (AvgIpc) is 3.69. The van der Waals surface area contributed by atoms with Crippen LogP contribution in [0.4, 0.5) is 0 Å². The molecule has 146 valence electrons. The lowest BCUT2D eigenvalue weighted by Gasteiger charge is -2.05. The van der Waals surface area contributed by atoms with Crippen LogP contribution in [-0.2, 0) is 9.47 Å². The number of aliphatic hydroxyl groups is 1. The average molecular weight is 376 g/mol. The van der Waals surface area contributed by atoms with Gasteiger partial charge in [0.1, 0.15) is 12.2 Å². The molecule has 2 aliphatic rings. The Kier molecular flexibility index (Phi) is 7.80. The van der Waals surface area contributed by atoms with Crippen LogP contribution in [0.3, 0.4) is 0 Å². The molecule has 3 aromatic rings. The van der Waals surface area contributed by atoms with Crippen molar-refractivity contribution in [3.8, 4) is 0 Å². The summed E-state index contributed by atoms with van der Waals surface area (Å²) in [6.45, 7) is 4.05. The molecule has 0 bridgehead atoms. The van der Waals surface area contributed by atoms with Gasteiger partial charge >= 0.3 is 0 Å². The fourth-order valence-electron chi connectivity index (χ4n) is 2.70. The molecule has 3 aromatic carbocycles. The van der Waals surface area contributed by atoms with Gasteiger partial charge in [-0.3, -0.25) is 0 Å². The van der Waals surface area contributed by atoms with E-state index < -0.39 is 0 Å². The fraction of sp³-hybridized carbons (Fsp3) is 0.280. The summed E-state index contributed by atoms with van der Waals surface area (Å²) in [7, 11) is 0. The van der Waals surface area contributed by atoms with Gasteiger partial charge in [-0.25, -0.2) is 0 Å². The second-order valence-corrected chi connectivity index (χ2v) is 6.96. The van der Waals surface area contributed by atoms with Crippen LogP contribution in [-0.4, -0.2) is 24.9 Å². The number of ether oxygens (including phenoxy) is 2. The van der Waals surface area contributed by atoms with Crippen molar-refractivity contribution in [2.24, 2.45) is 0 Å². The number of benzene rings is 3. The first-order valence-electron chi connectivity index (χ1n) is 9.77. The number of hydrogen-bond acceptors (Lipinski definition) is 3. The summed E-state index contributed by atoms with van der Waals surface area (Å²) < 4.78 is 10.2. The maximum Gasteiger partial charge on any atom is 0.106 e. The van der Waals surface area contributed by atoms with Gasteiger partial charge in [-0.15, -0.1) is 0 Å². The molecular weight excluding hydrogens is 348 g/mol. The van der Waals surface area contributed by atoms with Crippen LogP contribution >= 0.6 is 0 Å². The van der Waals surface area contributed by atoms with Crippen molar-refractivity contribution >= 4 is 0 Å². The largest absolute Gasteiger partial charge is 0.396 e. The summed E-state index contributed by atoms with van der Waals surface area (Å²) in [5.41, 5.74) is 3.81. The van der Waals surface area contributed by atoms with Gasteiger partial charge < -0.3 is 14.6 Å². The first-order valence-corrected chi connectivity index (χ1v) is 9.77. The van der Waals surface area contributed by atoms with Crippen molar-refractivity contribution < 1.29 is 14.6 Å². The van der Waals surface area contributed by atoms with Gasteiger partial charge in [-0.1, -0.05) is 97.9 Å². The highest BCUT2D eigenvalue weighted by Gasteiger charge is 2.24. The van der Waals surface area contributed by atoms with Crippen LogP contribution in [0.15, 0.2) is 91.0 Å². The molecule has 0 radical (unpaired) electrons. The summed E-state index contributed by atoms with van der Waals surface area (Å²) in [5, 5.41) is 8.79. The lowest BCUT2D eigenvalue weighted by molar-refractivity contribution is 0.273. The van der Waals surface area contributed by atoms with E-state index in [0.29, 0.717) is 12.2 Å². The summed E-state index contributed by atoms with van der Waals surface area (Å²) in [6, 6.07) is 30.6. The Hall–Kier alpha value is -2.46. The third-order valence-electron chi connectivity index (χ3n) is 4.65. The zero-order valence-corrected chi connectivity index (χ0v) is 16.3. The van der Waals surface area contributed by atoms with Gasteiger partial charge in [0.05, 0.1) is 13.2 Å². The number of aliphatic hydroxyl groups excluding tert-OH is 1. The third kappa shape index (κ3) is 6.93. The molecule has 0 amide bonds. The molecule has 3 nitrogen and oxygen atoms in total. The summed E-state index contributed by atoms with van der Waals surface area (Å²) in [5.74, 6) is 0.265. The van der Waals surface area contributed by atoms with E-state index >= 15 is 0 Å². The first kappa shape index (κ1) is 20.3. The molecule has 2 saturated heterocycles. The van der Waals surface area contributed by atoms with Gasteiger partial charge in [0.25, 0.3) is 0 Å². The predicted octanol–water partition coefficient (Wildman–Crippen LogP) is 5.30. The second-order valence-electron chi connectivity index (χ2n) is 6.96. The molecule has 3 heteroatoms. The quantitative estimate of drug-likeness (QED) is 0.629. The Labute approximate surface area is 167 Å². The number of rotatable bonds is 4. The van der Waals surface area contributed by atoms with Crippen LogP contribution in [0.1, 0.15) is 41.7 Å². The van der Waals surface area contributed by atoms with Gasteiger partial charge in [-0.2, -0.15) is 0 Å². The van der Waals surface area contributed by atoms with Gasteiger partial charge in [0, 0.05) is 12.5 Å². The topological polar surface area (TPSA) is 45.3 Å². The normalized spacial score (nSPS) is 19.9. The molecular formula is C25H28O3. The van der Waals surface area contributed by atoms with Crippen LogP contribution in [0.25, 0.3) is 0 Å². The van der Waals surface area contributed by atoms with Crippen molar-refractivity contribution in [3.05, 3.63) is 108 Å². The van der Waals surface area contributed by atoms with E-state index in [1.165, 1.54) is 16.7 Å². The molecule has 3 atom stereocenters. The minimum absolute atomic E-state index is 0.226. The van der Waals surface area contributed by atoms with E-state index in [2.05, 4.69) is 24.3 Å². The van der Waals surface area contributed by atoms with Crippen molar-refractivity contribution in [2.75, 3.05) is 19.8 Å². The van der Waals surface area contributed by atoms with Crippen LogP contribution in [0.5, 0.6) is 0 Å². The highest BCUT2D eigenvalue weighted by atomic mass is 16.6. The Balaban J connectivity index is 0.000000121. The lowest BCUT2D eigenvalue weighted by Crippen LogP contribution is -1.97. The van der Waals surface area contributed by atoms with Gasteiger partial charge in [-0.05, 0) is 16.7 Å². The molecule has 1 unspecified atom stereocenters. The molecule has 0 aromatic heterocycles. The molecule has 0 saturated carbocycles. The Morgan fingerprint density at radius 1 is 0.714 bits per heavy atom. The van der Waals surface area contributed by atoms with Crippen LogP contribution in [0.2, 0.25) is 0 Å². The summed E-state index contributed by atoms with van der Waals surface area (Å²) in [4.78, 5) is 0. The smallest absolute Gasteiger partial charge is 0.106 e. The number of epoxide rings is 2. The molecule has 5 rings (SSSR count). The van der Waals surface area contributed by atoms with Crippen LogP contribution in [0, 0.1) is 0 Å². The van der Waals surface area contributed by atoms with Crippen LogP contribution < -0.4 is 0 Å². The predicted molar refractivity (Wildman–Crippen MR) is 112 cm³/mol. The monoisotopic (exact) mass is 376 g/mol. The standard InChI is InChI=1S/C9H12O.2C8H8O/c1-8(7-10)9-5-3-2-4-6-9;2*1-2-4-7(5-3-1)8-6-9-8/h2-6,8,10H,7H2,1H3;2*1-5,8H,6H2/t2*8-;/m10./s1. The minimum atomic E-state index is 0.226. The maximum absolute atomic E-state index is 8.79. The van der Waals surface area contributed by atoms with E-state index in [0.717, 1.165) is 13.2 Å². The second kappa shape index (κ2) is 10.8. The molecule has 28 heavy (non-hydrogen) atoms. The van der Waals surface area contributed by atoms with E-state index in [1.807, 2.05) is 73.7 Å². The van der Waals surface area contributed by atoms with Crippen molar-refractivity contribution in [1.29, 1.82) is 0 Å². The van der Waals surface area contributed by atoms with Crippen molar-refractivity contribution in [1.82, 2.24) is 0 Å². The van der Waals surface area contributed by atoms with Gasteiger partial charge in [0.15, 0.2) is 0 Å². The van der Waals surface area contributed by atoms with E-state index in [1.54, 1.807) is 0 Å². The zero-order valence-electron chi connectivity index (χ0n) is 16.3. The summed E-state index contributed by atoms with van der Waals surface area (Å²) >= 11 is 0. The maximum atomic E-state index is 8.79. The lowest BCUT2D eigenvalue weighted by atomic mass is 10.0. The highest BCUT2D eigenvalue weighted by molar-refractivity contribution is 5.21. The molecule has 0 aliphatic carbocycles. The fourth-order valence-corrected chi connectivity index (χ4v) is 2.70. The minimum Gasteiger partial charge on any atom is -0.396 e. The van der Waals surface area contributed by atoms with Crippen molar-refractivity contribution in [2.45, 2.75) is 25.0 Å². The van der Waals surface area contributed by atoms with E-state index in [4.69, 9.17) is 14.6 Å². The molecule has 2 aliphatic heterocycles. The Morgan fingerprint density at radius 2 is 1.07 bits per heavy atom. The van der Waals surface area contributed by atoms with E-state index in [-0.39, 0.29) is 12.5 Å².